The van der Waals surface area contributed by atoms with E-state index in [-0.39, 0.29) is 0 Å². The summed E-state index contributed by atoms with van der Waals surface area (Å²) in [5.74, 6) is 1.96. The molecule has 0 amide bonds. The number of hydrogen-bond donors (Lipinski definition) is 0. The van der Waals surface area contributed by atoms with Gasteiger partial charge in [0, 0.05) is 13.2 Å². The van der Waals surface area contributed by atoms with Gasteiger partial charge in [0.1, 0.15) is 0 Å². The van der Waals surface area contributed by atoms with E-state index in [1.165, 1.54) is 44.9 Å². The zero-order valence-corrected chi connectivity index (χ0v) is 9.93. The van der Waals surface area contributed by atoms with Gasteiger partial charge in [-0.05, 0) is 24.7 Å². The summed E-state index contributed by atoms with van der Waals surface area (Å²) in [6, 6.07) is 0. The van der Waals surface area contributed by atoms with Gasteiger partial charge in [-0.25, -0.2) is 0 Å². The van der Waals surface area contributed by atoms with E-state index in [1.807, 2.05) is 0 Å². The van der Waals surface area contributed by atoms with Gasteiger partial charge in [0.15, 0.2) is 0 Å². The summed E-state index contributed by atoms with van der Waals surface area (Å²) in [5.41, 5.74) is 0. The van der Waals surface area contributed by atoms with Crippen LogP contribution in [-0.4, -0.2) is 13.2 Å². The number of ether oxygens (including phenoxy) is 1. The van der Waals surface area contributed by atoms with E-state index in [2.05, 4.69) is 13.8 Å². The smallest absolute Gasteiger partial charge is 0.0468 e. The lowest BCUT2D eigenvalue weighted by molar-refractivity contribution is 0.0426. The second-order valence-corrected chi connectivity index (χ2v) is 4.64. The third-order valence-electron chi connectivity index (χ3n) is 3.52. The van der Waals surface area contributed by atoms with Crippen LogP contribution in [0.3, 0.4) is 0 Å². The Hall–Kier alpha value is -0.0400. The van der Waals surface area contributed by atoms with E-state index in [0.717, 1.165) is 25.0 Å². The van der Waals surface area contributed by atoms with Gasteiger partial charge >= 0.3 is 0 Å². The largest absolute Gasteiger partial charge is 0.381 e. The van der Waals surface area contributed by atoms with Gasteiger partial charge in [-0.15, -0.1) is 0 Å². The predicted molar refractivity (Wildman–Crippen MR) is 61.5 cm³/mol. The summed E-state index contributed by atoms with van der Waals surface area (Å²) >= 11 is 0. The van der Waals surface area contributed by atoms with E-state index in [4.69, 9.17) is 4.74 Å². The zero-order chi connectivity index (χ0) is 10.2. The van der Waals surface area contributed by atoms with Crippen molar-refractivity contribution >= 4 is 0 Å². The molecule has 84 valence electrons. The maximum absolute atomic E-state index is 5.43. The van der Waals surface area contributed by atoms with E-state index < -0.39 is 0 Å². The fourth-order valence-electron chi connectivity index (χ4n) is 2.64. The van der Waals surface area contributed by atoms with E-state index >= 15 is 0 Å². The summed E-state index contributed by atoms with van der Waals surface area (Å²) in [6.07, 6.45) is 9.64. The van der Waals surface area contributed by atoms with Crippen molar-refractivity contribution in [3.63, 3.8) is 0 Å². The van der Waals surface area contributed by atoms with Crippen LogP contribution in [0.4, 0.5) is 0 Å². The van der Waals surface area contributed by atoms with Crippen molar-refractivity contribution in [2.75, 3.05) is 13.2 Å². The Morgan fingerprint density at radius 3 is 2.36 bits per heavy atom. The molecule has 1 aliphatic heterocycles. The highest BCUT2D eigenvalue weighted by Gasteiger charge is 2.22. The van der Waals surface area contributed by atoms with Gasteiger partial charge in [-0.3, -0.25) is 0 Å². The topological polar surface area (TPSA) is 9.23 Å². The average Bonchev–Trinajstić information content (AvgIpc) is 2.25. The minimum absolute atomic E-state index is 0.968. The lowest BCUT2D eigenvalue weighted by Gasteiger charge is -2.30. The lowest BCUT2D eigenvalue weighted by atomic mass is 9.80. The molecule has 0 radical (unpaired) electrons. The van der Waals surface area contributed by atoms with Crippen LogP contribution in [0.5, 0.6) is 0 Å². The molecule has 1 atom stereocenters. The summed E-state index contributed by atoms with van der Waals surface area (Å²) in [7, 11) is 0. The molecule has 0 saturated carbocycles. The van der Waals surface area contributed by atoms with Gasteiger partial charge in [0.05, 0.1) is 0 Å². The van der Waals surface area contributed by atoms with Crippen LogP contribution in [0.1, 0.15) is 58.8 Å². The zero-order valence-electron chi connectivity index (χ0n) is 9.93. The second-order valence-electron chi connectivity index (χ2n) is 4.64. The molecular weight excluding hydrogens is 172 g/mol. The Labute approximate surface area is 89.2 Å². The molecule has 1 heteroatoms. The van der Waals surface area contributed by atoms with Gasteiger partial charge in [0.25, 0.3) is 0 Å². The highest BCUT2D eigenvalue weighted by atomic mass is 16.5. The third kappa shape index (κ3) is 4.00. The van der Waals surface area contributed by atoms with Crippen LogP contribution in [0.15, 0.2) is 0 Å². The first kappa shape index (κ1) is 12.0. The minimum atomic E-state index is 0.968. The Bertz CT molecular complexity index is 127. The first-order chi connectivity index (χ1) is 6.88. The average molecular weight is 198 g/mol. The van der Waals surface area contributed by atoms with Gasteiger partial charge in [-0.1, -0.05) is 46.0 Å². The summed E-state index contributed by atoms with van der Waals surface area (Å²) in [6.45, 7) is 6.64. The Morgan fingerprint density at radius 1 is 1.07 bits per heavy atom. The highest BCUT2D eigenvalue weighted by Crippen LogP contribution is 2.30. The van der Waals surface area contributed by atoms with Crippen molar-refractivity contribution in [3.05, 3.63) is 0 Å². The van der Waals surface area contributed by atoms with Crippen LogP contribution in [-0.2, 0) is 4.74 Å². The number of unbranched alkanes of at least 4 members (excludes halogenated alkanes) is 1. The second kappa shape index (κ2) is 7.28. The molecule has 1 heterocycles. The van der Waals surface area contributed by atoms with Crippen molar-refractivity contribution in [1.82, 2.24) is 0 Å². The maximum atomic E-state index is 5.43. The van der Waals surface area contributed by atoms with Crippen molar-refractivity contribution in [1.29, 1.82) is 0 Å². The molecule has 0 N–H and O–H groups in total. The molecule has 1 nitrogen and oxygen atoms in total. The minimum Gasteiger partial charge on any atom is -0.381 e. The molecule has 1 fully saturated rings. The van der Waals surface area contributed by atoms with E-state index in [1.54, 1.807) is 0 Å². The van der Waals surface area contributed by atoms with Gasteiger partial charge in [-0.2, -0.15) is 0 Å². The Balaban J connectivity index is 2.30. The van der Waals surface area contributed by atoms with Crippen LogP contribution in [0, 0.1) is 11.8 Å². The van der Waals surface area contributed by atoms with Gasteiger partial charge < -0.3 is 4.74 Å². The van der Waals surface area contributed by atoms with Crippen LogP contribution in [0.2, 0.25) is 0 Å². The molecule has 0 spiro atoms. The molecule has 0 aromatic rings. The van der Waals surface area contributed by atoms with Crippen LogP contribution < -0.4 is 0 Å². The fourth-order valence-corrected chi connectivity index (χ4v) is 2.64. The van der Waals surface area contributed by atoms with Crippen molar-refractivity contribution < 1.29 is 4.74 Å². The standard InChI is InChI=1S/C13H26O/c1-3-5-7-12(6-4-2)13-8-10-14-11-9-13/h12-13H,3-11H2,1-2H3. The van der Waals surface area contributed by atoms with E-state index in [0.29, 0.717) is 0 Å². The molecule has 0 aromatic heterocycles. The molecule has 1 unspecified atom stereocenters. The Kier molecular flexibility index (Phi) is 6.25. The first-order valence-corrected chi connectivity index (χ1v) is 6.46. The maximum Gasteiger partial charge on any atom is 0.0468 e. The Morgan fingerprint density at radius 2 is 1.79 bits per heavy atom. The summed E-state index contributed by atoms with van der Waals surface area (Å²) in [4.78, 5) is 0. The van der Waals surface area contributed by atoms with E-state index in [9.17, 15) is 0 Å². The summed E-state index contributed by atoms with van der Waals surface area (Å²) in [5, 5.41) is 0. The van der Waals surface area contributed by atoms with Crippen LogP contribution in [0.25, 0.3) is 0 Å². The van der Waals surface area contributed by atoms with Crippen molar-refractivity contribution in [2.24, 2.45) is 11.8 Å². The third-order valence-corrected chi connectivity index (χ3v) is 3.52. The molecule has 1 saturated heterocycles. The molecule has 0 aromatic carbocycles. The van der Waals surface area contributed by atoms with Gasteiger partial charge in [0.2, 0.25) is 0 Å². The highest BCUT2D eigenvalue weighted by molar-refractivity contribution is 4.72. The monoisotopic (exact) mass is 198 g/mol. The predicted octanol–water partition coefficient (Wildman–Crippen LogP) is 4.02. The molecule has 0 bridgehead atoms. The number of hydrogen-bond acceptors (Lipinski definition) is 1. The molecule has 0 aliphatic carbocycles. The molecule has 14 heavy (non-hydrogen) atoms. The van der Waals surface area contributed by atoms with Crippen LogP contribution >= 0.6 is 0 Å². The quantitative estimate of drug-likeness (QED) is 0.626. The van der Waals surface area contributed by atoms with Crippen molar-refractivity contribution in [3.8, 4) is 0 Å². The SMILES string of the molecule is CCCCC(CCC)C1CCOCC1. The molecule has 1 rings (SSSR count). The normalized spacial score (nSPS) is 21.0. The lowest BCUT2D eigenvalue weighted by Crippen LogP contribution is -2.23. The number of rotatable bonds is 6. The molecule has 1 aliphatic rings. The fraction of sp³-hybridized carbons (Fsp3) is 1.00. The van der Waals surface area contributed by atoms with Crippen molar-refractivity contribution in [2.45, 2.75) is 58.8 Å². The summed E-state index contributed by atoms with van der Waals surface area (Å²) < 4.78 is 5.43. The molecular formula is C13H26O. The first-order valence-electron chi connectivity index (χ1n) is 6.46.